The first-order valence-corrected chi connectivity index (χ1v) is 7.99. The van der Waals surface area contributed by atoms with Crippen molar-refractivity contribution in [2.75, 3.05) is 6.54 Å². The second-order valence-corrected chi connectivity index (χ2v) is 5.64. The van der Waals surface area contributed by atoms with Crippen LogP contribution in [0.15, 0.2) is 54.4 Å². The van der Waals surface area contributed by atoms with Gasteiger partial charge in [-0.15, -0.1) is 11.3 Å². The largest absolute Gasteiger partial charge is 0.351 e. The van der Waals surface area contributed by atoms with Crippen LogP contribution in [0.4, 0.5) is 0 Å². The van der Waals surface area contributed by atoms with E-state index in [1.54, 1.807) is 48.1 Å². The summed E-state index contributed by atoms with van der Waals surface area (Å²) in [5.74, 6) is 1.14. The molecule has 6 nitrogen and oxygen atoms in total. The van der Waals surface area contributed by atoms with Gasteiger partial charge in [-0.25, -0.2) is 15.0 Å². The molecule has 0 fully saturated rings. The highest BCUT2D eigenvalue weighted by Gasteiger charge is 2.07. The highest BCUT2D eigenvalue weighted by atomic mass is 32.1. The molecule has 1 amide bonds. The molecule has 3 aromatic rings. The third-order valence-corrected chi connectivity index (χ3v) is 3.91. The Morgan fingerprint density at radius 3 is 2.87 bits per heavy atom. The normalized spacial score (nSPS) is 11.0. The molecule has 0 saturated carbocycles. The summed E-state index contributed by atoms with van der Waals surface area (Å²) in [6.07, 6.45) is 10.3. The summed E-state index contributed by atoms with van der Waals surface area (Å²) >= 11 is 1.59. The van der Waals surface area contributed by atoms with Crippen LogP contribution in [-0.4, -0.2) is 32.0 Å². The Kier molecular flexibility index (Phi) is 4.90. The molecule has 116 valence electrons. The van der Waals surface area contributed by atoms with Crippen molar-refractivity contribution in [2.24, 2.45) is 0 Å². The molecule has 7 heteroatoms. The highest BCUT2D eigenvalue weighted by Crippen LogP contribution is 2.11. The molecule has 23 heavy (non-hydrogen) atoms. The quantitative estimate of drug-likeness (QED) is 0.705. The topological polar surface area (TPSA) is 72.7 Å². The summed E-state index contributed by atoms with van der Waals surface area (Å²) in [7, 11) is 0. The van der Waals surface area contributed by atoms with E-state index in [9.17, 15) is 4.79 Å². The van der Waals surface area contributed by atoms with Gasteiger partial charge in [0.1, 0.15) is 0 Å². The van der Waals surface area contributed by atoms with Crippen LogP contribution in [0.5, 0.6) is 0 Å². The van der Waals surface area contributed by atoms with Crippen LogP contribution in [0.3, 0.4) is 0 Å². The Labute approximate surface area is 137 Å². The summed E-state index contributed by atoms with van der Waals surface area (Å²) in [6.45, 7) is 1.11. The molecule has 0 saturated heterocycles. The van der Waals surface area contributed by atoms with E-state index in [-0.39, 0.29) is 5.91 Å². The molecule has 0 bridgehead atoms. The van der Waals surface area contributed by atoms with Crippen LogP contribution >= 0.6 is 11.3 Å². The number of carbonyl (C=O) groups excluding carboxylic acids is 1. The Morgan fingerprint density at radius 1 is 1.22 bits per heavy atom. The lowest BCUT2D eigenvalue weighted by molar-refractivity contribution is -0.116. The number of imidazole rings is 1. The molecular weight excluding hydrogens is 310 g/mol. The first-order chi connectivity index (χ1) is 11.3. The van der Waals surface area contributed by atoms with Gasteiger partial charge in [0.2, 0.25) is 5.91 Å². The molecule has 0 aromatic carbocycles. The van der Waals surface area contributed by atoms with Crippen LogP contribution < -0.4 is 5.32 Å². The van der Waals surface area contributed by atoms with Crippen molar-refractivity contribution in [1.82, 2.24) is 24.8 Å². The van der Waals surface area contributed by atoms with E-state index in [1.807, 2.05) is 28.3 Å². The van der Waals surface area contributed by atoms with Gasteiger partial charge in [0.15, 0.2) is 11.6 Å². The van der Waals surface area contributed by atoms with Crippen molar-refractivity contribution in [3.8, 4) is 11.6 Å². The van der Waals surface area contributed by atoms with E-state index in [1.165, 1.54) is 0 Å². The third-order valence-electron chi connectivity index (χ3n) is 3.08. The number of carbonyl (C=O) groups is 1. The van der Waals surface area contributed by atoms with Gasteiger partial charge in [0, 0.05) is 48.8 Å². The fourth-order valence-corrected chi connectivity index (χ4v) is 2.63. The Hall–Kier alpha value is -2.80. The van der Waals surface area contributed by atoms with E-state index in [0.29, 0.717) is 24.7 Å². The second-order valence-electron chi connectivity index (χ2n) is 4.66. The van der Waals surface area contributed by atoms with E-state index in [2.05, 4.69) is 20.3 Å². The SMILES string of the molecule is O=C(/C=C/c1cccs1)NCCn1ccnc1-c1ncccn1. The minimum absolute atomic E-state index is 0.115. The van der Waals surface area contributed by atoms with Gasteiger partial charge in [0.05, 0.1) is 0 Å². The molecule has 0 unspecified atom stereocenters. The Bertz CT molecular complexity index is 780. The maximum atomic E-state index is 11.8. The first-order valence-electron chi connectivity index (χ1n) is 7.11. The molecule has 0 spiro atoms. The zero-order valence-electron chi connectivity index (χ0n) is 12.3. The molecular formula is C16H15N5OS. The minimum atomic E-state index is -0.115. The monoisotopic (exact) mass is 325 g/mol. The average Bonchev–Trinajstić information content (AvgIpc) is 3.25. The number of nitrogens with one attached hydrogen (secondary N) is 1. The predicted octanol–water partition coefficient (Wildman–Crippen LogP) is 2.23. The van der Waals surface area contributed by atoms with Crippen LogP contribution in [-0.2, 0) is 11.3 Å². The first kappa shape index (κ1) is 15.1. The number of nitrogens with zero attached hydrogens (tertiary/aromatic N) is 4. The van der Waals surface area contributed by atoms with Crippen molar-refractivity contribution < 1.29 is 4.79 Å². The zero-order chi connectivity index (χ0) is 15.9. The number of aromatic nitrogens is 4. The molecule has 0 aliphatic rings. The van der Waals surface area contributed by atoms with Crippen molar-refractivity contribution in [2.45, 2.75) is 6.54 Å². The van der Waals surface area contributed by atoms with Gasteiger partial charge in [-0.1, -0.05) is 6.07 Å². The van der Waals surface area contributed by atoms with Gasteiger partial charge in [-0.3, -0.25) is 4.79 Å². The fourth-order valence-electron chi connectivity index (χ4n) is 2.01. The van der Waals surface area contributed by atoms with Gasteiger partial charge in [0.25, 0.3) is 0 Å². The summed E-state index contributed by atoms with van der Waals surface area (Å²) in [4.78, 5) is 25.5. The Balaban J connectivity index is 1.54. The van der Waals surface area contributed by atoms with E-state index < -0.39 is 0 Å². The fraction of sp³-hybridized carbons (Fsp3) is 0.125. The van der Waals surface area contributed by atoms with Crippen molar-refractivity contribution in [3.63, 3.8) is 0 Å². The van der Waals surface area contributed by atoms with Crippen LogP contribution in [0, 0.1) is 0 Å². The predicted molar refractivity (Wildman–Crippen MR) is 89.6 cm³/mol. The lowest BCUT2D eigenvalue weighted by atomic mass is 10.4. The molecule has 3 heterocycles. The van der Waals surface area contributed by atoms with Crippen LogP contribution in [0.1, 0.15) is 4.88 Å². The molecule has 3 aromatic heterocycles. The number of hydrogen-bond donors (Lipinski definition) is 1. The average molecular weight is 325 g/mol. The molecule has 0 radical (unpaired) electrons. The standard InChI is InChI=1S/C16H15N5OS/c22-14(5-4-13-3-1-12-23-13)17-8-10-21-11-9-20-16(21)15-18-6-2-7-19-15/h1-7,9,11-12H,8,10H2,(H,17,22)/b5-4+. The van der Waals surface area contributed by atoms with E-state index in [4.69, 9.17) is 0 Å². The van der Waals surface area contributed by atoms with Gasteiger partial charge in [-0.2, -0.15) is 0 Å². The third kappa shape index (κ3) is 4.10. The molecule has 0 atom stereocenters. The summed E-state index contributed by atoms with van der Waals surface area (Å²) < 4.78 is 1.92. The van der Waals surface area contributed by atoms with Crippen molar-refractivity contribution in [3.05, 3.63) is 59.3 Å². The lowest BCUT2D eigenvalue weighted by Gasteiger charge is -2.07. The molecule has 1 N–H and O–H groups in total. The summed E-state index contributed by atoms with van der Waals surface area (Å²) in [6, 6.07) is 5.68. The number of hydrogen-bond acceptors (Lipinski definition) is 5. The maximum Gasteiger partial charge on any atom is 0.244 e. The summed E-state index contributed by atoms with van der Waals surface area (Å²) in [5, 5.41) is 4.83. The lowest BCUT2D eigenvalue weighted by Crippen LogP contribution is -2.25. The number of amides is 1. The molecule has 3 rings (SSSR count). The molecule has 0 aliphatic heterocycles. The summed E-state index contributed by atoms with van der Waals surface area (Å²) in [5.41, 5.74) is 0. The Morgan fingerprint density at radius 2 is 2.09 bits per heavy atom. The van der Waals surface area contributed by atoms with Gasteiger partial charge < -0.3 is 9.88 Å². The smallest absolute Gasteiger partial charge is 0.244 e. The maximum absolute atomic E-state index is 11.8. The highest BCUT2D eigenvalue weighted by molar-refractivity contribution is 7.10. The zero-order valence-corrected chi connectivity index (χ0v) is 13.1. The van der Waals surface area contributed by atoms with Gasteiger partial charge >= 0.3 is 0 Å². The van der Waals surface area contributed by atoms with Crippen LogP contribution in [0.2, 0.25) is 0 Å². The van der Waals surface area contributed by atoms with E-state index >= 15 is 0 Å². The van der Waals surface area contributed by atoms with E-state index in [0.717, 1.165) is 4.88 Å². The molecule has 0 aliphatic carbocycles. The number of thiophene rings is 1. The van der Waals surface area contributed by atoms with Crippen molar-refractivity contribution in [1.29, 1.82) is 0 Å². The second kappa shape index (κ2) is 7.46. The van der Waals surface area contributed by atoms with Gasteiger partial charge in [-0.05, 0) is 23.6 Å². The van der Waals surface area contributed by atoms with Crippen LogP contribution in [0.25, 0.3) is 17.7 Å². The van der Waals surface area contributed by atoms with Crippen molar-refractivity contribution >= 4 is 23.3 Å². The minimum Gasteiger partial charge on any atom is -0.351 e. The number of rotatable bonds is 6.